The highest BCUT2D eigenvalue weighted by Crippen LogP contribution is 2.23. The van der Waals surface area contributed by atoms with Crippen molar-refractivity contribution in [3.8, 4) is 0 Å². The van der Waals surface area contributed by atoms with Crippen LogP contribution < -0.4 is 10.0 Å². The molecule has 0 aromatic carbocycles. The van der Waals surface area contributed by atoms with Crippen molar-refractivity contribution in [3.63, 3.8) is 0 Å². The molecule has 0 amide bonds. The molecule has 21 heavy (non-hydrogen) atoms. The van der Waals surface area contributed by atoms with E-state index in [9.17, 15) is 8.42 Å². The molecule has 1 fully saturated rings. The Kier molecular flexibility index (Phi) is 6.87. The minimum absolute atomic E-state index is 0.250. The number of thioether (sulfide) groups is 2. The van der Waals surface area contributed by atoms with E-state index in [1.54, 1.807) is 10.9 Å². The third kappa shape index (κ3) is 5.48. The first-order valence-corrected chi connectivity index (χ1v) is 10.7. The van der Waals surface area contributed by atoms with Crippen molar-refractivity contribution < 1.29 is 8.42 Å². The van der Waals surface area contributed by atoms with Gasteiger partial charge in [-0.25, -0.2) is 13.1 Å². The summed E-state index contributed by atoms with van der Waals surface area (Å²) in [6.07, 6.45) is 3.94. The molecule has 2 N–H and O–H groups in total. The third-order valence-corrected chi connectivity index (χ3v) is 7.34. The lowest BCUT2D eigenvalue weighted by atomic mass is 10.4. The van der Waals surface area contributed by atoms with Gasteiger partial charge in [0.2, 0.25) is 10.0 Å². The van der Waals surface area contributed by atoms with Crippen molar-refractivity contribution in [2.24, 2.45) is 0 Å². The molecule has 1 atom stereocenters. The van der Waals surface area contributed by atoms with Crippen molar-refractivity contribution in [1.82, 2.24) is 19.8 Å². The summed E-state index contributed by atoms with van der Waals surface area (Å²) in [7, 11) is -1.55. The summed E-state index contributed by atoms with van der Waals surface area (Å²) in [4.78, 5) is 0.250. The Labute approximate surface area is 134 Å². The highest BCUT2D eigenvalue weighted by molar-refractivity contribution is 8.06. The van der Waals surface area contributed by atoms with Gasteiger partial charge in [-0.15, -0.1) is 0 Å². The van der Waals surface area contributed by atoms with Crippen molar-refractivity contribution >= 4 is 33.5 Å². The first-order chi connectivity index (χ1) is 10.1. The van der Waals surface area contributed by atoms with Gasteiger partial charge in [-0.1, -0.05) is 0 Å². The predicted molar refractivity (Wildman–Crippen MR) is 89.5 cm³/mol. The minimum Gasteiger partial charge on any atom is -0.320 e. The lowest BCUT2D eigenvalue weighted by Crippen LogP contribution is -2.33. The summed E-state index contributed by atoms with van der Waals surface area (Å²) in [6.45, 7) is 2.09. The Hall–Kier alpha value is -0.220. The number of rotatable bonds is 8. The molecule has 0 saturated carbocycles. The van der Waals surface area contributed by atoms with Crippen molar-refractivity contribution in [2.75, 3.05) is 37.4 Å². The molecule has 1 unspecified atom stereocenters. The molecule has 1 aromatic heterocycles. The number of aromatic nitrogens is 2. The smallest absolute Gasteiger partial charge is 0.243 e. The Morgan fingerprint density at radius 2 is 2.33 bits per heavy atom. The molecule has 0 radical (unpaired) electrons. The summed E-state index contributed by atoms with van der Waals surface area (Å²) < 4.78 is 28.8. The Morgan fingerprint density at radius 1 is 1.48 bits per heavy atom. The van der Waals surface area contributed by atoms with Crippen molar-refractivity contribution in [1.29, 1.82) is 0 Å². The second kappa shape index (κ2) is 8.42. The maximum absolute atomic E-state index is 12.2. The highest BCUT2D eigenvalue weighted by atomic mass is 32.2. The van der Waals surface area contributed by atoms with E-state index in [4.69, 9.17) is 0 Å². The predicted octanol–water partition coefficient (Wildman–Crippen LogP) is 0.620. The van der Waals surface area contributed by atoms with E-state index in [1.807, 2.05) is 30.6 Å². The van der Waals surface area contributed by atoms with Crippen LogP contribution in [0.5, 0.6) is 0 Å². The summed E-state index contributed by atoms with van der Waals surface area (Å²) in [5.41, 5.74) is 0. The second-order valence-corrected chi connectivity index (χ2v) is 9.14. The zero-order chi connectivity index (χ0) is 15.1. The van der Waals surface area contributed by atoms with E-state index >= 15 is 0 Å². The normalized spacial score (nSPS) is 19.8. The van der Waals surface area contributed by atoms with Gasteiger partial charge in [0.05, 0.1) is 6.20 Å². The highest BCUT2D eigenvalue weighted by Gasteiger charge is 2.20. The fourth-order valence-electron chi connectivity index (χ4n) is 1.96. The molecule has 6 nitrogen and oxygen atoms in total. The largest absolute Gasteiger partial charge is 0.320 e. The topological polar surface area (TPSA) is 76.0 Å². The lowest BCUT2D eigenvalue weighted by molar-refractivity contribution is 0.560. The van der Waals surface area contributed by atoms with Gasteiger partial charge >= 0.3 is 0 Å². The standard InChI is InChI=1S/C12H22N4O2S3/c1-13-3-2-4-16-9-12(8-14-16)21(17,18)15-7-11-10-19-5-6-20-11/h8-9,11,13,15H,2-7,10H2,1H3. The van der Waals surface area contributed by atoms with Gasteiger partial charge in [0, 0.05) is 41.8 Å². The second-order valence-electron chi connectivity index (χ2n) is 4.82. The third-order valence-electron chi connectivity index (χ3n) is 3.12. The summed E-state index contributed by atoms with van der Waals surface area (Å²) in [5.74, 6) is 3.27. The average molecular weight is 351 g/mol. The number of aryl methyl sites for hydroxylation is 1. The fourth-order valence-corrected chi connectivity index (χ4v) is 5.71. The Balaban J connectivity index is 1.86. The van der Waals surface area contributed by atoms with E-state index in [0.29, 0.717) is 18.3 Å². The minimum atomic E-state index is -3.44. The molecule has 9 heteroatoms. The molecule has 0 spiro atoms. The molecule has 1 aliphatic heterocycles. The first kappa shape index (κ1) is 17.1. The van der Waals surface area contributed by atoms with Crippen LogP contribution in [-0.4, -0.2) is 60.8 Å². The van der Waals surface area contributed by atoms with Crippen LogP contribution in [-0.2, 0) is 16.6 Å². The van der Waals surface area contributed by atoms with Crippen LogP contribution in [0.25, 0.3) is 0 Å². The summed E-state index contributed by atoms with van der Waals surface area (Å²) in [6, 6.07) is 0. The van der Waals surface area contributed by atoms with Crippen LogP contribution in [0.3, 0.4) is 0 Å². The number of hydrogen-bond donors (Lipinski definition) is 2. The van der Waals surface area contributed by atoms with Crippen molar-refractivity contribution in [3.05, 3.63) is 12.4 Å². The maximum Gasteiger partial charge on any atom is 0.243 e. The number of hydrogen-bond acceptors (Lipinski definition) is 6. The zero-order valence-corrected chi connectivity index (χ0v) is 14.6. The molecule has 2 rings (SSSR count). The molecule has 1 aliphatic rings. The lowest BCUT2D eigenvalue weighted by Gasteiger charge is -2.20. The van der Waals surface area contributed by atoms with E-state index in [0.717, 1.165) is 30.2 Å². The molecule has 120 valence electrons. The monoisotopic (exact) mass is 350 g/mol. The van der Waals surface area contributed by atoms with Gasteiger partial charge < -0.3 is 5.32 Å². The van der Waals surface area contributed by atoms with E-state index in [-0.39, 0.29) is 4.90 Å². The fraction of sp³-hybridized carbons (Fsp3) is 0.750. The van der Waals surface area contributed by atoms with Gasteiger partial charge in [-0.3, -0.25) is 4.68 Å². The van der Waals surface area contributed by atoms with Crippen LogP contribution in [0, 0.1) is 0 Å². The van der Waals surface area contributed by atoms with E-state index in [2.05, 4.69) is 15.1 Å². The van der Waals surface area contributed by atoms with Crippen LogP contribution in [0.4, 0.5) is 0 Å². The van der Waals surface area contributed by atoms with E-state index in [1.165, 1.54) is 6.20 Å². The number of nitrogens with one attached hydrogen (secondary N) is 2. The molecular weight excluding hydrogens is 328 g/mol. The van der Waals surface area contributed by atoms with Gasteiger partial charge in [0.1, 0.15) is 4.90 Å². The maximum atomic E-state index is 12.2. The molecular formula is C12H22N4O2S3. The van der Waals surface area contributed by atoms with Crippen molar-refractivity contribution in [2.45, 2.75) is 23.1 Å². The number of nitrogens with zero attached hydrogens (tertiary/aromatic N) is 2. The molecule has 0 aliphatic carbocycles. The van der Waals surface area contributed by atoms with Crippen LogP contribution in [0.1, 0.15) is 6.42 Å². The average Bonchev–Trinajstić information content (AvgIpc) is 2.96. The zero-order valence-electron chi connectivity index (χ0n) is 12.1. The molecule has 1 saturated heterocycles. The number of sulfonamides is 1. The molecule has 1 aromatic rings. The van der Waals surface area contributed by atoms with Gasteiger partial charge in [0.15, 0.2) is 0 Å². The summed E-state index contributed by atoms with van der Waals surface area (Å²) >= 11 is 3.73. The molecule has 2 heterocycles. The Morgan fingerprint density at radius 3 is 3.05 bits per heavy atom. The summed E-state index contributed by atoms with van der Waals surface area (Å²) in [5, 5.41) is 7.53. The van der Waals surface area contributed by atoms with E-state index < -0.39 is 10.0 Å². The van der Waals surface area contributed by atoms with Gasteiger partial charge in [-0.05, 0) is 20.0 Å². The van der Waals surface area contributed by atoms with Crippen LogP contribution >= 0.6 is 23.5 Å². The Bertz CT molecular complexity index is 526. The SMILES string of the molecule is CNCCCn1cc(S(=O)(=O)NCC2CSCCS2)cn1. The first-order valence-electron chi connectivity index (χ1n) is 6.98. The van der Waals surface area contributed by atoms with Gasteiger partial charge in [0.25, 0.3) is 0 Å². The van der Waals surface area contributed by atoms with Crippen LogP contribution in [0.2, 0.25) is 0 Å². The van der Waals surface area contributed by atoms with Crippen LogP contribution in [0.15, 0.2) is 17.3 Å². The van der Waals surface area contributed by atoms with Gasteiger partial charge in [-0.2, -0.15) is 28.6 Å². The quantitative estimate of drug-likeness (QED) is 0.670. The molecule has 0 bridgehead atoms.